The molecule has 0 aliphatic carbocycles. The molecule has 4 N–H and O–H groups in total. The maximum Gasteiger partial charge on any atom is 0.329 e. The van der Waals surface area contributed by atoms with Crippen molar-refractivity contribution in [3.05, 3.63) is 16.3 Å². The maximum absolute atomic E-state index is 11.1. The zero-order chi connectivity index (χ0) is 14.7. The standard InChI is InChI=1S/C10H16N6O4/c1-6-3-15(4-7(5-17)20-6)9-8(16(18)19)2-12-10(13-9)14-11/h2,6-7,17H,3-5,11H2,1H3,(H,12,13,14). The number of nitrogens with one attached hydrogen (secondary N) is 1. The Bertz CT molecular complexity index is 499. The summed E-state index contributed by atoms with van der Waals surface area (Å²) in [5, 5.41) is 20.3. The molecular weight excluding hydrogens is 268 g/mol. The van der Waals surface area contributed by atoms with Crippen LogP contribution in [-0.4, -0.2) is 51.9 Å². The van der Waals surface area contributed by atoms with Gasteiger partial charge in [-0.1, -0.05) is 0 Å². The molecule has 1 aliphatic heterocycles. The van der Waals surface area contributed by atoms with Crippen LogP contribution < -0.4 is 16.2 Å². The number of hydrogen-bond donors (Lipinski definition) is 3. The Morgan fingerprint density at radius 2 is 2.45 bits per heavy atom. The fourth-order valence-corrected chi connectivity index (χ4v) is 2.12. The molecule has 2 heterocycles. The molecule has 0 aromatic carbocycles. The van der Waals surface area contributed by atoms with E-state index < -0.39 is 11.0 Å². The Morgan fingerprint density at radius 1 is 1.70 bits per heavy atom. The Labute approximate surface area is 114 Å². The highest BCUT2D eigenvalue weighted by atomic mass is 16.6. The molecule has 10 heteroatoms. The summed E-state index contributed by atoms with van der Waals surface area (Å²) in [5.74, 6) is 5.47. The molecule has 0 bridgehead atoms. The number of aliphatic hydroxyl groups is 1. The van der Waals surface area contributed by atoms with E-state index in [-0.39, 0.29) is 30.2 Å². The molecule has 110 valence electrons. The molecule has 1 aromatic rings. The number of aromatic nitrogens is 2. The van der Waals surface area contributed by atoms with Gasteiger partial charge in [0.05, 0.1) is 23.7 Å². The quantitative estimate of drug-likeness (QED) is 0.370. The van der Waals surface area contributed by atoms with Gasteiger partial charge in [-0.15, -0.1) is 0 Å². The summed E-state index contributed by atoms with van der Waals surface area (Å²) in [6, 6.07) is 0. The van der Waals surface area contributed by atoms with Crippen LogP contribution in [0.3, 0.4) is 0 Å². The second-order valence-corrected chi connectivity index (χ2v) is 4.46. The van der Waals surface area contributed by atoms with Crippen molar-refractivity contribution in [1.82, 2.24) is 9.97 Å². The van der Waals surface area contributed by atoms with Crippen LogP contribution >= 0.6 is 0 Å². The summed E-state index contributed by atoms with van der Waals surface area (Å²) in [7, 11) is 0. The van der Waals surface area contributed by atoms with Gasteiger partial charge in [0.2, 0.25) is 11.8 Å². The molecule has 2 unspecified atom stereocenters. The van der Waals surface area contributed by atoms with Crippen molar-refractivity contribution in [3.8, 4) is 0 Å². The zero-order valence-corrected chi connectivity index (χ0v) is 10.9. The van der Waals surface area contributed by atoms with Crippen molar-refractivity contribution in [2.45, 2.75) is 19.1 Å². The van der Waals surface area contributed by atoms with Crippen LogP contribution in [0.2, 0.25) is 0 Å². The monoisotopic (exact) mass is 284 g/mol. The third kappa shape index (κ3) is 2.92. The van der Waals surface area contributed by atoms with E-state index in [4.69, 9.17) is 10.6 Å². The minimum Gasteiger partial charge on any atom is -0.394 e. The fourth-order valence-electron chi connectivity index (χ4n) is 2.12. The summed E-state index contributed by atoms with van der Waals surface area (Å²) >= 11 is 0. The van der Waals surface area contributed by atoms with Crippen LogP contribution in [0.4, 0.5) is 17.5 Å². The second-order valence-electron chi connectivity index (χ2n) is 4.46. The van der Waals surface area contributed by atoms with Crippen molar-refractivity contribution in [1.29, 1.82) is 0 Å². The highest BCUT2D eigenvalue weighted by Gasteiger charge is 2.30. The summed E-state index contributed by atoms with van der Waals surface area (Å²) in [6.07, 6.45) is 0.512. The Morgan fingerprint density at radius 3 is 3.05 bits per heavy atom. The Kier molecular flexibility index (Phi) is 4.27. The molecule has 0 radical (unpaired) electrons. The molecule has 1 saturated heterocycles. The van der Waals surface area contributed by atoms with Crippen LogP contribution in [0, 0.1) is 10.1 Å². The molecule has 1 aliphatic rings. The number of nitrogens with two attached hydrogens (primary N) is 1. The molecule has 1 fully saturated rings. The lowest BCUT2D eigenvalue weighted by atomic mass is 10.2. The van der Waals surface area contributed by atoms with Gasteiger partial charge in [0.1, 0.15) is 6.20 Å². The highest BCUT2D eigenvalue weighted by Crippen LogP contribution is 2.28. The first kappa shape index (κ1) is 14.4. The van der Waals surface area contributed by atoms with E-state index in [1.165, 1.54) is 0 Å². The number of hydrogen-bond acceptors (Lipinski definition) is 9. The van der Waals surface area contributed by atoms with Crippen molar-refractivity contribution < 1.29 is 14.8 Å². The number of nitrogen functional groups attached to an aromatic ring is 1. The molecule has 0 amide bonds. The molecule has 2 rings (SSSR count). The normalized spacial score (nSPS) is 22.6. The van der Waals surface area contributed by atoms with Gasteiger partial charge in [0.25, 0.3) is 0 Å². The van der Waals surface area contributed by atoms with Gasteiger partial charge in [-0.2, -0.15) is 4.98 Å². The molecule has 20 heavy (non-hydrogen) atoms. The van der Waals surface area contributed by atoms with Gasteiger partial charge < -0.3 is 14.7 Å². The largest absolute Gasteiger partial charge is 0.394 e. The van der Waals surface area contributed by atoms with E-state index in [0.29, 0.717) is 13.1 Å². The molecule has 0 spiro atoms. The molecule has 10 nitrogen and oxygen atoms in total. The van der Waals surface area contributed by atoms with Crippen LogP contribution in [-0.2, 0) is 4.74 Å². The zero-order valence-electron chi connectivity index (χ0n) is 10.9. The van der Waals surface area contributed by atoms with Gasteiger partial charge in [-0.3, -0.25) is 15.5 Å². The maximum atomic E-state index is 11.1. The van der Waals surface area contributed by atoms with E-state index in [0.717, 1.165) is 6.20 Å². The van der Waals surface area contributed by atoms with E-state index >= 15 is 0 Å². The first-order valence-corrected chi connectivity index (χ1v) is 6.04. The van der Waals surface area contributed by atoms with E-state index in [1.807, 2.05) is 6.92 Å². The number of rotatable bonds is 4. The minimum atomic E-state index is -0.552. The number of aliphatic hydroxyl groups excluding tert-OH is 1. The number of morpholine rings is 1. The third-order valence-corrected chi connectivity index (χ3v) is 2.91. The van der Waals surface area contributed by atoms with E-state index in [9.17, 15) is 15.2 Å². The smallest absolute Gasteiger partial charge is 0.329 e. The Hall–Kier alpha value is -2.04. The van der Waals surface area contributed by atoms with E-state index in [1.54, 1.807) is 4.90 Å². The highest BCUT2D eigenvalue weighted by molar-refractivity contribution is 5.59. The van der Waals surface area contributed by atoms with E-state index in [2.05, 4.69) is 15.4 Å². The fraction of sp³-hybridized carbons (Fsp3) is 0.600. The lowest BCUT2D eigenvalue weighted by Gasteiger charge is -2.36. The van der Waals surface area contributed by atoms with Crippen LogP contribution in [0.15, 0.2) is 6.20 Å². The van der Waals surface area contributed by atoms with Crippen LogP contribution in [0.5, 0.6) is 0 Å². The molecule has 2 atom stereocenters. The summed E-state index contributed by atoms with van der Waals surface area (Å²) < 4.78 is 5.50. The van der Waals surface area contributed by atoms with Crippen LogP contribution in [0.1, 0.15) is 6.92 Å². The first-order valence-electron chi connectivity index (χ1n) is 6.04. The third-order valence-electron chi connectivity index (χ3n) is 2.91. The second kappa shape index (κ2) is 5.94. The number of hydrazine groups is 1. The van der Waals surface area contributed by atoms with Gasteiger partial charge in [-0.05, 0) is 6.92 Å². The predicted octanol–water partition coefficient (Wildman–Crippen LogP) is -0.744. The number of anilines is 2. The van der Waals surface area contributed by atoms with Crippen LogP contribution in [0.25, 0.3) is 0 Å². The van der Waals surface area contributed by atoms with Gasteiger partial charge in [0, 0.05) is 13.1 Å². The molecular formula is C10H16N6O4. The summed E-state index contributed by atoms with van der Waals surface area (Å²) in [5.41, 5.74) is 2.04. The molecule has 0 saturated carbocycles. The van der Waals surface area contributed by atoms with Gasteiger partial charge in [-0.25, -0.2) is 10.8 Å². The van der Waals surface area contributed by atoms with Crippen molar-refractivity contribution >= 4 is 17.5 Å². The average molecular weight is 284 g/mol. The molecule has 1 aromatic heterocycles. The van der Waals surface area contributed by atoms with Crippen molar-refractivity contribution in [2.24, 2.45) is 5.84 Å². The Balaban J connectivity index is 2.36. The van der Waals surface area contributed by atoms with Gasteiger partial charge in [0.15, 0.2) is 0 Å². The predicted molar refractivity (Wildman–Crippen MR) is 70.1 cm³/mol. The number of nitrogens with zero attached hydrogens (tertiary/aromatic N) is 4. The summed E-state index contributed by atoms with van der Waals surface area (Å²) in [4.78, 5) is 20.0. The van der Waals surface area contributed by atoms with Crippen molar-refractivity contribution in [3.63, 3.8) is 0 Å². The SMILES string of the molecule is CC1CN(c2nc(NN)ncc2[N+](=O)[O-])CC(CO)O1. The summed E-state index contributed by atoms with van der Waals surface area (Å²) in [6.45, 7) is 2.40. The lowest BCUT2D eigenvalue weighted by molar-refractivity contribution is -0.384. The number of ether oxygens (including phenoxy) is 1. The van der Waals surface area contributed by atoms with Crippen molar-refractivity contribution in [2.75, 3.05) is 30.0 Å². The van der Waals surface area contributed by atoms with Gasteiger partial charge >= 0.3 is 5.69 Å². The average Bonchev–Trinajstić information content (AvgIpc) is 2.45. The number of nitro groups is 1. The minimum absolute atomic E-state index is 0.0882. The lowest BCUT2D eigenvalue weighted by Crippen LogP contribution is -2.48. The first-order chi connectivity index (χ1) is 9.55. The topological polar surface area (TPSA) is 140 Å².